The first-order chi connectivity index (χ1) is 8.08. The van der Waals surface area contributed by atoms with Crippen LogP contribution in [0.5, 0.6) is 0 Å². The molecule has 0 atom stereocenters. The number of carbonyl (C=O) groups excluding carboxylic acids is 1. The van der Waals surface area contributed by atoms with Crippen LogP contribution in [-0.2, 0) is 17.5 Å². The van der Waals surface area contributed by atoms with E-state index in [0.29, 0.717) is 0 Å². The van der Waals surface area contributed by atoms with Crippen LogP contribution in [-0.4, -0.2) is 26.9 Å². The van der Waals surface area contributed by atoms with E-state index >= 15 is 0 Å². The van der Waals surface area contributed by atoms with Gasteiger partial charge in [-0.25, -0.2) is 9.78 Å². The van der Waals surface area contributed by atoms with Crippen LogP contribution in [0.3, 0.4) is 0 Å². The molecule has 0 saturated heterocycles. The number of hydrogen-bond donors (Lipinski definition) is 2. The number of aromatic amines is 1. The van der Waals surface area contributed by atoms with Crippen molar-refractivity contribution in [3.8, 4) is 0 Å². The van der Waals surface area contributed by atoms with E-state index < -0.39 is 23.7 Å². The van der Waals surface area contributed by atoms with Crippen molar-refractivity contribution in [3.63, 3.8) is 0 Å². The molecule has 1 aromatic rings. The van der Waals surface area contributed by atoms with Gasteiger partial charge in [0.05, 0.1) is 6.54 Å². The van der Waals surface area contributed by atoms with Gasteiger partial charge < -0.3 is 10.1 Å². The molecule has 9 heteroatoms. The fourth-order valence-electron chi connectivity index (χ4n) is 0.971. The molecule has 0 saturated carbocycles. The van der Waals surface area contributed by atoms with Gasteiger partial charge in [0.25, 0.3) is 5.82 Å². The first kappa shape index (κ1) is 14.3. The quantitative estimate of drug-likeness (QED) is 0.856. The lowest BCUT2D eigenvalue weighted by Crippen LogP contribution is -2.32. The largest absolute Gasteiger partial charge is 0.453 e. The van der Waals surface area contributed by atoms with E-state index in [1.165, 1.54) is 0 Å². The second kappa shape index (κ2) is 4.83. The molecule has 0 bridgehead atoms. The molecule has 6 nitrogen and oxygen atoms in total. The standard InChI is InChI=1S/C9H13F3N4O2/c1-8(2,3)18-7(17)13-4-5-14-6(16-15-5)9(10,11)12/h4H2,1-3H3,(H,13,17)(H,14,15,16). The number of amides is 1. The number of alkyl halides is 3. The molecule has 1 rings (SSSR count). The summed E-state index contributed by atoms with van der Waals surface area (Å²) in [7, 11) is 0. The van der Waals surface area contributed by atoms with Gasteiger partial charge in [0.1, 0.15) is 11.4 Å². The minimum atomic E-state index is -4.61. The van der Waals surface area contributed by atoms with Gasteiger partial charge in [0.2, 0.25) is 0 Å². The first-order valence-corrected chi connectivity index (χ1v) is 5.03. The van der Waals surface area contributed by atoms with Crippen LogP contribution in [0.4, 0.5) is 18.0 Å². The molecule has 1 aromatic heterocycles. The predicted molar refractivity (Wildman–Crippen MR) is 54.5 cm³/mol. The average molecular weight is 266 g/mol. The van der Waals surface area contributed by atoms with Gasteiger partial charge in [-0.1, -0.05) is 0 Å². The van der Waals surface area contributed by atoms with Crippen molar-refractivity contribution in [3.05, 3.63) is 11.6 Å². The van der Waals surface area contributed by atoms with E-state index in [-0.39, 0.29) is 12.4 Å². The van der Waals surface area contributed by atoms with Crippen molar-refractivity contribution in [1.82, 2.24) is 20.5 Å². The Morgan fingerprint density at radius 3 is 2.44 bits per heavy atom. The molecule has 0 unspecified atom stereocenters. The Balaban J connectivity index is 2.50. The van der Waals surface area contributed by atoms with Crippen LogP contribution in [0.2, 0.25) is 0 Å². The Hall–Kier alpha value is -1.80. The third-order valence-electron chi connectivity index (χ3n) is 1.58. The lowest BCUT2D eigenvalue weighted by atomic mass is 10.2. The summed E-state index contributed by atoms with van der Waals surface area (Å²) in [4.78, 5) is 14.4. The van der Waals surface area contributed by atoms with Crippen molar-refractivity contribution in [2.45, 2.75) is 39.1 Å². The molecule has 0 spiro atoms. The number of alkyl carbamates (subject to hydrolysis) is 1. The van der Waals surface area contributed by atoms with Gasteiger partial charge in [-0.2, -0.15) is 13.2 Å². The number of nitrogens with one attached hydrogen (secondary N) is 2. The fourth-order valence-corrected chi connectivity index (χ4v) is 0.971. The average Bonchev–Trinajstić information content (AvgIpc) is 2.59. The number of rotatable bonds is 2. The maximum Gasteiger partial charge on any atom is 0.453 e. The number of ether oxygens (including phenoxy) is 1. The minimum Gasteiger partial charge on any atom is -0.444 e. The highest BCUT2D eigenvalue weighted by molar-refractivity contribution is 5.67. The summed E-state index contributed by atoms with van der Waals surface area (Å²) in [5.74, 6) is -1.38. The SMILES string of the molecule is CC(C)(C)OC(=O)NCc1nc(C(F)(F)F)n[nH]1. The smallest absolute Gasteiger partial charge is 0.444 e. The zero-order chi connectivity index (χ0) is 14.0. The number of carbonyl (C=O) groups is 1. The lowest BCUT2D eigenvalue weighted by molar-refractivity contribution is -0.144. The predicted octanol–water partition coefficient (Wildman–Crippen LogP) is 1.85. The van der Waals surface area contributed by atoms with Crippen LogP contribution >= 0.6 is 0 Å². The zero-order valence-corrected chi connectivity index (χ0v) is 10.1. The minimum absolute atomic E-state index is 0.104. The summed E-state index contributed by atoms with van der Waals surface area (Å²) in [5.41, 5.74) is -0.678. The third kappa shape index (κ3) is 4.60. The van der Waals surface area contributed by atoms with Crippen LogP contribution < -0.4 is 5.32 Å². The molecule has 1 heterocycles. The van der Waals surface area contributed by atoms with Crippen LogP contribution in [0.1, 0.15) is 32.4 Å². The van der Waals surface area contributed by atoms with Crippen molar-refractivity contribution >= 4 is 6.09 Å². The van der Waals surface area contributed by atoms with Gasteiger partial charge in [-0.05, 0) is 20.8 Å². The topological polar surface area (TPSA) is 79.9 Å². The van der Waals surface area contributed by atoms with Gasteiger partial charge >= 0.3 is 12.3 Å². The summed E-state index contributed by atoms with van der Waals surface area (Å²) in [5, 5.41) is 7.32. The van der Waals surface area contributed by atoms with Crippen LogP contribution in [0, 0.1) is 0 Å². The van der Waals surface area contributed by atoms with Crippen molar-refractivity contribution in [1.29, 1.82) is 0 Å². The van der Waals surface area contributed by atoms with Crippen molar-refractivity contribution < 1.29 is 22.7 Å². The van der Waals surface area contributed by atoms with E-state index in [2.05, 4.69) is 20.5 Å². The molecule has 0 fully saturated rings. The summed E-state index contributed by atoms with van der Waals surface area (Å²) < 4.78 is 41.4. The zero-order valence-electron chi connectivity index (χ0n) is 10.1. The number of halogens is 3. The Bertz CT molecular complexity index is 422. The van der Waals surface area contributed by atoms with Crippen molar-refractivity contribution in [2.24, 2.45) is 0 Å². The van der Waals surface area contributed by atoms with Gasteiger partial charge in [0, 0.05) is 0 Å². The maximum absolute atomic E-state index is 12.2. The van der Waals surface area contributed by atoms with Crippen molar-refractivity contribution in [2.75, 3.05) is 0 Å². The van der Waals surface area contributed by atoms with Gasteiger partial charge in [-0.15, -0.1) is 5.10 Å². The molecule has 18 heavy (non-hydrogen) atoms. The number of nitrogens with zero attached hydrogens (tertiary/aromatic N) is 2. The molecule has 0 radical (unpaired) electrons. The van der Waals surface area contributed by atoms with E-state index in [4.69, 9.17) is 4.74 Å². The second-order valence-corrected chi connectivity index (χ2v) is 4.46. The third-order valence-corrected chi connectivity index (χ3v) is 1.58. The summed E-state index contributed by atoms with van der Waals surface area (Å²) >= 11 is 0. The number of H-pyrrole nitrogens is 1. The Morgan fingerprint density at radius 2 is 2.00 bits per heavy atom. The normalized spacial score (nSPS) is 12.3. The first-order valence-electron chi connectivity index (χ1n) is 5.03. The lowest BCUT2D eigenvalue weighted by Gasteiger charge is -2.19. The summed E-state index contributed by atoms with van der Waals surface area (Å²) in [6, 6.07) is 0. The number of aromatic nitrogens is 3. The second-order valence-electron chi connectivity index (χ2n) is 4.46. The van der Waals surface area contributed by atoms with E-state index in [1.807, 2.05) is 0 Å². The molecule has 0 aliphatic carbocycles. The summed E-state index contributed by atoms with van der Waals surface area (Å²) in [6.45, 7) is 4.78. The highest BCUT2D eigenvalue weighted by atomic mass is 19.4. The molecule has 1 amide bonds. The molecule has 0 aliphatic heterocycles. The van der Waals surface area contributed by atoms with Crippen LogP contribution in [0.25, 0.3) is 0 Å². The molecule has 0 aliphatic rings. The van der Waals surface area contributed by atoms with Gasteiger partial charge in [-0.3, -0.25) is 5.10 Å². The maximum atomic E-state index is 12.2. The van der Waals surface area contributed by atoms with E-state index in [0.717, 1.165) is 0 Å². The Kier molecular flexibility index (Phi) is 3.82. The monoisotopic (exact) mass is 266 g/mol. The molecular weight excluding hydrogens is 253 g/mol. The molecule has 102 valence electrons. The number of hydrogen-bond acceptors (Lipinski definition) is 4. The Labute approximate surface area is 101 Å². The fraction of sp³-hybridized carbons (Fsp3) is 0.667. The van der Waals surface area contributed by atoms with Gasteiger partial charge in [0.15, 0.2) is 0 Å². The van der Waals surface area contributed by atoms with Crippen LogP contribution in [0.15, 0.2) is 0 Å². The molecular formula is C9H13F3N4O2. The highest BCUT2D eigenvalue weighted by Crippen LogP contribution is 2.25. The Morgan fingerprint density at radius 1 is 1.39 bits per heavy atom. The highest BCUT2D eigenvalue weighted by Gasteiger charge is 2.36. The van der Waals surface area contributed by atoms with E-state index in [1.54, 1.807) is 20.8 Å². The molecule has 2 N–H and O–H groups in total. The molecule has 0 aromatic carbocycles. The van der Waals surface area contributed by atoms with E-state index in [9.17, 15) is 18.0 Å². The summed E-state index contributed by atoms with van der Waals surface area (Å²) in [6.07, 6.45) is -5.35.